The number of hydrogen-bond acceptors (Lipinski definition) is 2. The monoisotopic (exact) mass is 250 g/mol. The van der Waals surface area contributed by atoms with E-state index in [-0.39, 0.29) is 5.63 Å². The Morgan fingerprint density at radius 2 is 1.53 bits per heavy atom. The average molecular weight is 250 g/mol. The third kappa shape index (κ3) is 1.95. The second-order valence-corrected chi connectivity index (χ2v) is 4.45. The molecular formula is C17H14O2. The van der Waals surface area contributed by atoms with E-state index in [1.54, 1.807) is 0 Å². The van der Waals surface area contributed by atoms with Gasteiger partial charge in [-0.05, 0) is 11.6 Å². The molecule has 94 valence electrons. The molecule has 0 saturated heterocycles. The molecule has 1 heterocycles. The molecule has 0 aliphatic carbocycles. The van der Waals surface area contributed by atoms with Crippen molar-refractivity contribution in [1.82, 2.24) is 0 Å². The quantitative estimate of drug-likeness (QED) is 0.687. The van der Waals surface area contributed by atoms with Crippen LogP contribution in [0.25, 0.3) is 21.9 Å². The van der Waals surface area contributed by atoms with Gasteiger partial charge in [-0.2, -0.15) is 0 Å². The standard InChI is InChI=1S/C17H14O2/c1-2-15-16(12-8-4-3-5-9-12)13-10-6-7-11-14(13)17(18)19-15/h3-11H,2H2,1H3. The molecule has 0 bridgehead atoms. The highest BCUT2D eigenvalue weighted by atomic mass is 16.4. The van der Waals surface area contributed by atoms with Crippen molar-refractivity contribution in [3.05, 3.63) is 70.8 Å². The van der Waals surface area contributed by atoms with E-state index in [9.17, 15) is 4.79 Å². The summed E-state index contributed by atoms with van der Waals surface area (Å²) in [5.41, 5.74) is 1.85. The lowest BCUT2D eigenvalue weighted by Gasteiger charge is -2.10. The maximum Gasteiger partial charge on any atom is 0.343 e. The molecule has 0 unspecified atom stereocenters. The van der Waals surface area contributed by atoms with Gasteiger partial charge < -0.3 is 4.42 Å². The van der Waals surface area contributed by atoms with E-state index in [0.717, 1.165) is 22.3 Å². The molecule has 0 radical (unpaired) electrons. The summed E-state index contributed by atoms with van der Waals surface area (Å²) in [7, 11) is 0. The SMILES string of the molecule is CCc1oc(=O)c2ccccc2c1-c1ccccc1. The van der Waals surface area contributed by atoms with Crippen molar-refractivity contribution in [2.24, 2.45) is 0 Å². The molecule has 0 spiro atoms. The van der Waals surface area contributed by atoms with Crippen molar-refractivity contribution < 1.29 is 4.42 Å². The fourth-order valence-corrected chi connectivity index (χ4v) is 2.42. The molecule has 0 atom stereocenters. The van der Waals surface area contributed by atoms with E-state index in [4.69, 9.17) is 4.42 Å². The van der Waals surface area contributed by atoms with Gasteiger partial charge in [0.25, 0.3) is 0 Å². The van der Waals surface area contributed by atoms with Gasteiger partial charge in [-0.25, -0.2) is 4.79 Å². The molecule has 0 N–H and O–H groups in total. The molecule has 0 amide bonds. The van der Waals surface area contributed by atoms with Crippen LogP contribution in [0.1, 0.15) is 12.7 Å². The Hall–Kier alpha value is -2.35. The number of benzene rings is 2. The van der Waals surface area contributed by atoms with E-state index in [0.29, 0.717) is 11.8 Å². The van der Waals surface area contributed by atoms with Crippen molar-refractivity contribution in [3.8, 4) is 11.1 Å². The molecule has 0 saturated carbocycles. The Balaban J connectivity index is 2.46. The van der Waals surface area contributed by atoms with Gasteiger partial charge in [-0.3, -0.25) is 0 Å². The van der Waals surface area contributed by atoms with Gasteiger partial charge in [0, 0.05) is 17.4 Å². The number of aryl methyl sites for hydroxylation is 1. The van der Waals surface area contributed by atoms with Gasteiger partial charge >= 0.3 is 5.63 Å². The highest BCUT2D eigenvalue weighted by Crippen LogP contribution is 2.30. The van der Waals surface area contributed by atoms with Gasteiger partial charge in [0.05, 0.1) is 5.39 Å². The third-order valence-electron chi connectivity index (χ3n) is 3.29. The van der Waals surface area contributed by atoms with Gasteiger partial charge in [0.2, 0.25) is 0 Å². The summed E-state index contributed by atoms with van der Waals surface area (Å²) in [6.45, 7) is 2.00. The summed E-state index contributed by atoms with van der Waals surface area (Å²) in [5.74, 6) is 0.745. The predicted octanol–water partition coefficient (Wildman–Crippen LogP) is 4.02. The number of rotatable bonds is 2. The van der Waals surface area contributed by atoms with Crippen LogP contribution in [-0.4, -0.2) is 0 Å². The van der Waals surface area contributed by atoms with Gasteiger partial charge in [0.1, 0.15) is 5.76 Å². The van der Waals surface area contributed by atoms with Crippen LogP contribution in [0.5, 0.6) is 0 Å². The molecule has 0 aliphatic heterocycles. The zero-order chi connectivity index (χ0) is 13.2. The fourth-order valence-electron chi connectivity index (χ4n) is 2.42. The van der Waals surface area contributed by atoms with Crippen molar-refractivity contribution in [1.29, 1.82) is 0 Å². The Bertz CT molecular complexity index is 770. The first-order valence-corrected chi connectivity index (χ1v) is 6.41. The van der Waals surface area contributed by atoms with Crippen LogP contribution in [-0.2, 0) is 6.42 Å². The zero-order valence-electron chi connectivity index (χ0n) is 10.7. The third-order valence-corrected chi connectivity index (χ3v) is 3.29. The molecule has 2 nitrogen and oxygen atoms in total. The lowest BCUT2D eigenvalue weighted by Crippen LogP contribution is -2.04. The van der Waals surface area contributed by atoms with Crippen LogP contribution in [0.3, 0.4) is 0 Å². The summed E-state index contributed by atoms with van der Waals surface area (Å²) in [6.07, 6.45) is 0.699. The predicted molar refractivity (Wildman–Crippen MR) is 77.3 cm³/mol. The Labute approximate surface area is 111 Å². The lowest BCUT2D eigenvalue weighted by atomic mass is 9.97. The number of hydrogen-bond donors (Lipinski definition) is 0. The van der Waals surface area contributed by atoms with Crippen LogP contribution in [0.2, 0.25) is 0 Å². The van der Waals surface area contributed by atoms with E-state index in [1.165, 1.54) is 0 Å². The smallest absolute Gasteiger partial charge is 0.343 e. The van der Waals surface area contributed by atoms with E-state index in [1.807, 2.05) is 61.5 Å². The Morgan fingerprint density at radius 3 is 2.21 bits per heavy atom. The van der Waals surface area contributed by atoms with Crippen molar-refractivity contribution in [2.45, 2.75) is 13.3 Å². The maximum atomic E-state index is 12.0. The molecule has 0 aliphatic rings. The Kier molecular flexibility index (Phi) is 2.92. The van der Waals surface area contributed by atoms with Crippen LogP contribution < -0.4 is 5.63 Å². The summed E-state index contributed by atoms with van der Waals surface area (Å²) in [5, 5.41) is 1.60. The highest BCUT2D eigenvalue weighted by molar-refractivity contribution is 5.96. The molecular weight excluding hydrogens is 236 g/mol. The van der Waals surface area contributed by atoms with Crippen LogP contribution in [0, 0.1) is 0 Å². The second-order valence-electron chi connectivity index (χ2n) is 4.45. The van der Waals surface area contributed by atoms with Gasteiger partial charge in [-0.1, -0.05) is 55.5 Å². The molecule has 2 heteroatoms. The fraction of sp³-hybridized carbons (Fsp3) is 0.118. The van der Waals surface area contributed by atoms with Crippen molar-refractivity contribution in [2.75, 3.05) is 0 Å². The summed E-state index contributed by atoms with van der Waals surface area (Å²) in [6, 6.07) is 17.7. The lowest BCUT2D eigenvalue weighted by molar-refractivity contribution is 0.474. The van der Waals surface area contributed by atoms with Crippen molar-refractivity contribution >= 4 is 10.8 Å². The minimum atomic E-state index is -0.257. The first kappa shape index (κ1) is 11.7. The van der Waals surface area contributed by atoms with Crippen molar-refractivity contribution in [3.63, 3.8) is 0 Å². The topological polar surface area (TPSA) is 30.2 Å². The minimum absolute atomic E-state index is 0.257. The maximum absolute atomic E-state index is 12.0. The number of fused-ring (bicyclic) bond motifs is 1. The van der Waals surface area contributed by atoms with Gasteiger partial charge in [0.15, 0.2) is 0 Å². The largest absolute Gasteiger partial charge is 0.427 e. The van der Waals surface area contributed by atoms with E-state index < -0.39 is 0 Å². The van der Waals surface area contributed by atoms with E-state index >= 15 is 0 Å². The molecule has 2 aromatic carbocycles. The molecule has 3 rings (SSSR count). The van der Waals surface area contributed by atoms with E-state index in [2.05, 4.69) is 0 Å². The highest BCUT2D eigenvalue weighted by Gasteiger charge is 2.13. The van der Waals surface area contributed by atoms with Crippen LogP contribution in [0.15, 0.2) is 63.8 Å². The molecule has 0 fully saturated rings. The second kappa shape index (κ2) is 4.73. The van der Waals surface area contributed by atoms with Crippen LogP contribution in [0.4, 0.5) is 0 Å². The van der Waals surface area contributed by atoms with Crippen LogP contribution >= 0.6 is 0 Å². The Morgan fingerprint density at radius 1 is 0.895 bits per heavy atom. The normalized spacial score (nSPS) is 10.8. The summed E-state index contributed by atoms with van der Waals surface area (Å²) < 4.78 is 5.47. The zero-order valence-corrected chi connectivity index (χ0v) is 10.7. The minimum Gasteiger partial charge on any atom is -0.427 e. The molecule has 1 aromatic heterocycles. The summed E-state index contributed by atoms with van der Waals surface area (Å²) >= 11 is 0. The average Bonchev–Trinajstić information content (AvgIpc) is 2.48. The molecule has 3 aromatic rings. The first-order chi connectivity index (χ1) is 9.31. The molecule has 19 heavy (non-hydrogen) atoms. The summed E-state index contributed by atoms with van der Waals surface area (Å²) in [4.78, 5) is 12.0. The van der Waals surface area contributed by atoms with Gasteiger partial charge in [-0.15, -0.1) is 0 Å². The first-order valence-electron chi connectivity index (χ1n) is 6.41.